The van der Waals surface area contributed by atoms with E-state index in [2.05, 4.69) is 38.2 Å². The van der Waals surface area contributed by atoms with Gasteiger partial charge in [0.2, 0.25) is 5.95 Å². The summed E-state index contributed by atoms with van der Waals surface area (Å²) in [5.74, 6) is 1.46. The highest BCUT2D eigenvalue weighted by Gasteiger charge is 2.41. The number of ketones is 1. The number of rotatable bonds is 2. The van der Waals surface area contributed by atoms with Crippen molar-refractivity contribution >= 4 is 23.3 Å². The van der Waals surface area contributed by atoms with E-state index in [9.17, 15) is 4.79 Å². The molecule has 1 aliphatic carbocycles. The van der Waals surface area contributed by atoms with Gasteiger partial charge in [-0.15, -0.1) is 5.10 Å². The van der Waals surface area contributed by atoms with Crippen LogP contribution in [-0.2, 0) is 4.79 Å². The number of hydrogen-bond acceptors (Lipinski definition) is 4. The smallest absolute Gasteiger partial charge is 0.226 e. The van der Waals surface area contributed by atoms with Crippen LogP contribution in [0.3, 0.4) is 0 Å². The van der Waals surface area contributed by atoms with Crippen molar-refractivity contribution < 1.29 is 4.79 Å². The third kappa shape index (κ3) is 3.23. The number of nitrogens with one attached hydrogen (secondary N) is 1. The number of hydrogen-bond donors (Lipinski definition) is 1. The zero-order valence-corrected chi connectivity index (χ0v) is 18.0. The fraction of sp³-hybridized carbons (Fsp3) is 0.292. The molecule has 2 aromatic carbocycles. The van der Waals surface area contributed by atoms with Crippen molar-refractivity contribution in [2.24, 2.45) is 5.41 Å². The molecule has 0 bridgehead atoms. The fourth-order valence-corrected chi connectivity index (χ4v) is 4.51. The number of allylic oxidation sites excluding steroid dienone is 2. The van der Waals surface area contributed by atoms with E-state index in [1.165, 1.54) is 5.56 Å². The summed E-state index contributed by atoms with van der Waals surface area (Å²) in [6.07, 6.45) is 1.32. The average molecular weight is 419 g/mol. The zero-order valence-electron chi connectivity index (χ0n) is 17.2. The molecule has 1 aromatic heterocycles. The second-order valence-electron chi connectivity index (χ2n) is 8.98. The average Bonchev–Trinajstić information content (AvgIpc) is 3.10. The predicted molar refractivity (Wildman–Crippen MR) is 118 cm³/mol. The summed E-state index contributed by atoms with van der Waals surface area (Å²) in [7, 11) is 0. The lowest BCUT2D eigenvalue weighted by molar-refractivity contribution is -0.118. The maximum atomic E-state index is 13.2. The number of nitrogens with zero attached hydrogens (tertiary/aromatic N) is 3. The van der Waals surface area contributed by atoms with Crippen LogP contribution >= 0.6 is 11.6 Å². The number of Topliss-reactive ketones (excluding diaryl/α,β-unsaturated/α-hetero) is 1. The molecule has 2 heterocycles. The fourth-order valence-electron chi connectivity index (χ4n) is 4.39. The van der Waals surface area contributed by atoms with E-state index in [0.717, 1.165) is 28.8 Å². The van der Waals surface area contributed by atoms with Crippen LogP contribution in [0.2, 0.25) is 5.02 Å². The standard InChI is InChI=1S/C24H23ClN4O/c1-14-4-6-16(7-5-14)22-27-23-26-18-12-24(2,3)13-19(30)20(18)21(29(23)28-22)15-8-10-17(25)11-9-15/h4-11,21H,12-13H2,1-3H3,(H,26,27,28). The minimum atomic E-state index is -0.316. The first-order chi connectivity index (χ1) is 14.3. The summed E-state index contributed by atoms with van der Waals surface area (Å²) in [4.78, 5) is 18.0. The Morgan fingerprint density at radius 1 is 1.07 bits per heavy atom. The predicted octanol–water partition coefficient (Wildman–Crippen LogP) is 5.57. The number of halogens is 1. The number of aromatic nitrogens is 3. The molecule has 0 saturated heterocycles. The van der Waals surface area contributed by atoms with Crippen molar-refractivity contribution in [3.8, 4) is 11.4 Å². The molecule has 0 spiro atoms. The van der Waals surface area contributed by atoms with Crippen LogP contribution in [0, 0.1) is 12.3 Å². The second-order valence-corrected chi connectivity index (χ2v) is 9.42. The molecule has 0 fully saturated rings. The Morgan fingerprint density at radius 2 is 1.77 bits per heavy atom. The van der Waals surface area contributed by atoms with E-state index < -0.39 is 0 Å². The van der Waals surface area contributed by atoms with Crippen molar-refractivity contribution in [2.75, 3.05) is 5.32 Å². The van der Waals surface area contributed by atoms with E-state index in [4.69, 9.17) is 21.7 Å². The van der Waals surface area contributed by atoms with Gasteiger partial charge in [0.1, 0.15) is 6.04 Å². The van der Waals surface area contributed by atoms with Crippen LogP contribution in [0.15, 0.2) is 59.8 Å². The number of fused-ring (bicyclic) bond motifs is 1. The van der Waals surface area contributed by atoms with E-state index in [-0.39, 0.29) is 17.2 Å². The van der Waals surface area contributed by atoms with Gasteiger partial charge in [-0.05, 0) is 36.5 Å². The molecule has 3 aromatic rings. The molecule has 30 heavy (non-hydrogen) atoms. The summed E-state index contributed by atoms with van der Waals surface area (Å²) in [5.41, 5.74) is 4.75. The first-order valence-electron chi connectivity index (χ1n) is 10.1. The molecule has 5 nitrogen and oxygen atoms in total. The highest BCUT2D eigenvalue weighted by atomic mass is 35.5. The van der Waals surface area contributed by atoms with E-state index in [1.54, 1.807) is 0 Å². The van der Waals surface area contributed by atoms with Gasteiger partial charge >= 0.3 is 0 Å². The van der Waals surface area contributed by atoms with Crippen LogP contribution < -0.4 is 5.32 Å². The van der Waals surface area contributed by atoms with Gasteiger partial charge in [0, 0.05) is 28.3 Å². The van der Waals surface area contributed by atoms with Crippen LogP contribution in [0.5, 0.6) is 0 Å². The SMILES string of the molecule is Cc1ccc(-c2nc3n(n2)C(c2ccc(Cl)cc2)C2=C(CC(C)(C)CC2=O)N3)cc1. The third-order valence-corrected chi connectivity index (χ3v) is 6.08. The van der Waals surface area contributed by atoms with Crippen molar-refractivity contribution in [1.29, 1.82) is 0 Å². The summed E-state index contributed by atoms with van der Waals surface area (Å²) in [6.45, 7) is 6.31. The molecule has 0 saturated carbocycles. The molecule has 152 valence electrons. The van der Waals surface area contributed by atoms with Gasteiger partial charge in [-0.3, -0.25) is 4.79 Å². The molecule has 0 amide bonds. The van der Waals surface area contributed by atoms with Crippen LogP contribution in [0.25, 0.3) is 11.4 Å². The second kappa shape index (κ2) is 6.81. The van der Waals surface area contributed by atoms with Crippen molar-refractivity contribution in [3.05, 3.63) is 76.0 Å². The number of aryl methyl sites for hydroxylation is 1. The largest absolute Gasteiger partial charge is 0.328 e. The normalized spacial score (nSPS) is 19.9. The van der Waals surface area contributed by atoms with Gasteiger partial charge in [0.05, 0.1) is 0 Å². The van der Waals surface area contributed by atoms with Gasteiger partial charge in [0.25, 0.3) is 0 Å². The Kier molecular flexibility index (Phi) is 4.33. The highest BCUT2D eigenvalue weighted by molar-refractivity contribution is 6.30. The molecule has 1 atom stereocenters. The third-order valence-electron chi connectivity index (χ3n) is 5.83. The number of anilines is 1. The summed E-state index contributed by atoms with van der Waals surface area (Å²) >= 11 is 6.13. The molecule has 5 rings (SSSR count). The number of benzene rings is 2. The quantitative estimate of drug-likeness (QED) is 0.591. The van der Waals surface area contributed by atoms with Crippen LogP contribution in [0.1, 0.15) is 43.9 Å². The van der Waals surface area contributed by atoms with Crippen molar-refractivity contribution in [2.45, 2.75) is 39.7 Å². The van der Waals surface area contributed by atoms with E-state index in [0.29, 0.717) is 23.2 Å². The number of carbonyl (C=O) groups is 1. The Morgan fingerprint density at radius 3 is 2.47 bits per heavy atom. The van der Waals surface area contributed by atoms with Gasteiger partial charge in [-0.2, -0.15) is 4.98 Å². The molecule has 1 N–H and O–H groups in total. The van der Waals surface area contributed by atoms with Crippen molar-refractivity contribution in [1.82, 2.24) is 14.8 Å². The maximum absolute atomic E-state index is 13.2. The monoisotopic (exact) mass is 418 g/mol. The summed E-state index contributed by atoms with van der Waals surface area (Å²) in [5, 5.41) is 8.90. The summed E-state index contributed by atoms with van der Waals surface area (Å²) in [6, 6.07) is 15.5. The van der Waals surface area contributed by atoms with Gasteiger partial charge in [-0.1, -0.05) is 67.4 Å². The molecule has 6 heteroatoms. The van der Waals surface area contributed by atoms with Gasteiger partial charge < -0.3 is 5.32 Å². The topological polar surface area (TPSA) is 59.8 Å². The van der Waals surface area contributed by atoms with E-state index in [1.807, 2.05) is 41.1 Å². The minimum Gasteiger partial charge on any atom is -0.328 e. The Hall–Kier alpha value is -2.92. The zero-order chi connectivity index (χ0) is 21.0. The van der Waals surface area contributed by atoms with Crippen LogP contribution in [0.4, 0.5) is 5.95 Å². The molecular formula is C24H23ClN4O. The number of carbonyl (C=O) groups excluding carboxylic acids is 1. The first kappa shape index (κ1) is 19.1. The van der Waals surface area contributed by atoms with Crippen molar-refractivity contribution in [3.63, 3.8) is 0 Å². The molecule has 1 unspecified atom stereocenters. The van der Waals surface area contributed by atoms with Gasteiger partial charge in [-0.25, -0.2) is 4.68 Å². The summed E-state index contributed by atoms with van der Waals surface area (Å²) < 4.78 is 1.84. The lowest BCUT2D eigenvalue weighted by Gasteiger charge is -2.38. The maximum Gasteiger partial charge on any atom is 0.226 e. The molecule has 2 aliphatic rings. The Bertz CT molecular complexity index is 1170. The van der Waals surface area contributed by atoms with E-state index >= 15 is 0 Å². The Balaban J connectivity index is 1.67. The first-order valence-corrected chi connectivity index (χ1v) is 10.5. The lowest BCUT2D eigenvalue weighted by Crippen LogP contribution is -2.36. The molecular weight excluding hydrogens is 396 g/mol. The van der Waals surface area contributed by atoms with Gasteiger partial charge in [0.15, 0.2) is 11.6 Å². The minimum absolute atomic E-state index is 0.0879. The molecule has 1 aliphatic heterocycles. The highest BCUT2D eigenvalue weighted by Crippen LogP contribution is 2.45. The molecule has 0 radical (unpaired) electrons. The lowest BCUT2D eigenvalue weighted by atomic mass is 9.73. The Labute approximate surface area is 180 Å². The van der Waals surface area contributed by atoms with Crippen LogP contribution in [-0.4, -0.2) is 20.5 Å².